The Morgan fingerprint density at radius 2 is 2.21 bits per heavy atom. The Balaban J connectivity index is 1.82. The van der Waals surface area contributed by atoms with Gasteiger partial charge in [-0.05, 0) is 43.0 Å². The lowest BCUT2D eigenvalue weighted by Crippen LogP contribution is -2.41. The summed E-state index contributed by atoms with van der Waals surface area (Å²) in [6.45, 7) is 0.725. The summed E-state index contributed by atoms with van der Waals surface area (Å²) in [4.78, 5) is 30.1. The third-order valence-corrected chi connectivity index (χ3v) is 4.39. The summed E-state index contributed by atoms with van der Waals surface area (Å²) in [7, 11) is 1.64. The quantitative estimate of drug-likeness (QED) is 0.862. The fraction of sp³-hybridized carbons (Fsp3) is 0.389. The average molecular weight is 327 g/mol. The normalized spacial score (nSPS) is 17.5. The van der Waals surface area contributed by atoms with E-state index in [4.69, 9.17) is 4.74 Å². The van der Waals surface area contributed by atoms with Crippen molar-refractivity contribution >= 4 is 5.91 Å². The van der Waals surface area contributed by atoms with Crippen molar-refractivity contribution in [1.82, 2.24) is 14.5 Å². The van der Waals surface area contributed by atoms with Gasteiger partial charge in [-0.15, -0.1) is 0 Å². The molecule has 0 spiro atoms. The number of likely N-dealkylation sites (tertiary alicyclic amines) is 1. The van der Waals surface area contributed by atoms with E-state index in [1.807, 2.05) is 29.2 Å². The number of piperidine rings is 1. The molecule has 1 atom stereocenters. The summed E-state index contributed by atoms with van der Waals surface area (Å²) in [5, 5.41) is 0. The summed E-state index contributed by atoms with van der Waals surface area (Å²) in [6, 6.07) is 9.52. The van der Waals surface area contributed by atoms with Crippen molar-refractivity contribution in [2.45, 2.75) is 31.8 Å². The van der Waals surface area contributed by atoms with Gasteiger partial charge in [0.05, 0.1) is 13.2 Å². The second-order valence-electron chi connectivity index (χ2n) is 5.91. The maximum atomic E-state index is 12.8. The minimum Gasteiger partial charge on any atom is -0.497 e. The van der Waals surface area contributed by atoms with Gasteiger partial charge < -0.3 is 9.64 Å². The Bertz CT molecular complexity index is 772. The molecule has 1 aromatic carbocycles. The second kappa shape index (κ2) is 7.29. The molecule has 1 aliphatic heterocycles. The molecule has 6 heteroatoms. The second-order valence-corrected chi connectivity index (χ2v) is 5.91. The van der Waals surface area contributed by atoms with E-state index >= 15 is 0 Å². The molecule has 1 aromatic heterocycles. The van der Waals surface area contributed by atoms with Gasteiger partial charge in [-0.1, -0.05) is 12.1 Å². The number of methoxy groups -OCH3 is 1. The summed E-state index contributed by atoms with van der Waals surface area (Å²) in [6.07, 6.45) is 6.01. The van der Waals surface area contributed by atoms with Crippen LogP contribution in [0.1, 0.15) is 30.9 Å². The van der Waals surface area contributed by atoms with Gasteiger partial charge in [-0.3, -0.25) is 9.36 Å². The first-order chi connectivity index (χ1) is 11.7. The number of nitrogens with zero attached hydrogens (tertiary/aromatic N) is 3. The summed E-state index contributed by atoms with van der Waals surface area (Å²) in [5.74, 6) is 0.728. The van der Waals surface area contributed by atoms with Crippen LogP contribution in [0.5, 0.6) is 5.75 Å². The Kier molecular flexibility index (Phi) is 4.93. The molecule has 1 saturated heterocycles. The molecule has 0 radical (unpaired) electrons. The molecule has 24 heavy (non-hydrogen) atoms. The molecule has 3 rings (SSSR count). The molecule has 2 heterocycles. The predicted octanol–water partition coefficient (Wildman–Crippen LogP) is 2.01. The fourth-order valence-electron chi connectivity index (χ4n) is 3.17. The van der Waals surface area contributed by atoms with Crippen LogP contribution < -0.4 is 10.4 Å². The van der Waals surface area contributed by atoms with Crippen LogP contribution in [0.15, 0.2) is 47.5 Å². The average Bonchev–Trinajstić information content (AvgIpc) is 2.63. The van der Waals surface area contributed by atoms with Gasteiger partial charge in [-0.25, -0.2) is 9.78 Å². The third kappa shape index (κ3) is 3.48. The fourth-order valence-corrected chi connectivity index (χ4v) is 3.17. The Morgan fingerprint density at radius 1 is 1.33 bits per heavy atom. The Labute approximate surface area is 140 Å². The molecule has 126 valence electrons. The van der Waals surface area contributed by atoms with Gasteiger partial charge in [0.15, 0.2) is 0 Å². The number of amides is 1. The smallest absolute Gasteiger partial charge is 0.347 e. The van der Waals surface area contributed by atoms with Gasteiger partial charge in [0.1, 0.15) is 12.3 Å². The number of benzene rings is 1. The number of carbonyl (C=O) groups is 1. The van der Waals surface area contributed by atoms with Gasteiger partial charge in [-0.2, -0.15) is 0 Å². The molecule has 0 saturated carbocycles. The van der Waals surface area contributed by atoms with E-state index in [1.54, 1.807) is 19.4 Å². The first-order valence-corrected chi connectivity index (χ1v) is 8.14. The zero-order valence-electron chi connectivity index (χ0n) is 13.7. The van der Waals surface area contributed by atoms with Crippen molar-refractivity contribution in [2.75, 3.05) is 13.7 Å². The topological polar surface area (TPSA) is 64.4 Å². The van der Waals surface area contributed by atoms with Gasteiger partial charge in [0.2, 0.25) is 5.91 Å². The molecular weight excluding hydrogens is 306 g/mol. The van der Waals surface area contributed by atoms with Crippen LogP contribution in [0.2, 0.25) is 0 Å². The summed E-state index contributed by atoms with van der Waals surface area (Å²) >= 11 is 0. The highest BCUT2D eigenvalue weighted by Crippen LogP contribution is 2.32. The van der Waals surface area contributed by atoms with E-state index in [9.17, 15) is 9.59 Å². The number of hydrogen-bond donors (Lipinski definition) is 0. The van der Waals surface area contributed by atoms with Crippen molar-refractivity contribution in [1.29, 1.82) is 0 Å². The molecule has 0 bridgehead atoms. The van der Waals surface area contributed by atoms with Crippen LogP contribution in [0.25, 0.3) is 0 Å². The first-order valence-electron chi connectivity index (χ1n) is 8.14. The maximum Gasteiger partial charge on any atom is 0.347 e. The minimum absolute atomic E-state index is 0.0210. The van der Waals surface area contributed by atoms with Crippen LogP contribution in [0.4, 0.5) is 0 Å². The third-order valence-electron chi connectivity index (χ3n) is 4.39. The summed E-state index contributed by atoms with van der Waals surface area (Å²) < 4.78 is 6.64. The van der Waals surface area contributed by atoms with Crippen LogP contribution in [0, 0.1) is 0 Å². The molecule has 2 aromatic rings. The van der Waals surface area contributed by atoms with E-state index in [2.05, 4.69) is 4.98 Å². The highest BCUT2D eigenvalue weighted by molar-refractivity contribution is 5.76. The Morgan fingerprint density at radius 3 is 3.00 bits per heavy atom. The number of hydrogen-bond acceptors (Lipinski definition) is 4. The van der Waals surface area contributed by atoms with E-state index in [-0.39, 0.29) is 18.5 Å². The van der Waals surface area contributed by atoms with Crippen LogP contribution in [-0.2, 0) is 11.3 Å². The van der Waals surface area contributed by atoms with E-state index in [1.165, 1.54) is 10.8 Å². The zero-order valence-corrected chi connectivity index (χ0v) is 13.7. The number of rotatable bonds is 4. The lowest BCUT2D eigenvalue weighted by Gasteiger charge is -2.36. The van der Waals surface area contributed by atoms with Crippen LogP contribution >= 0.6 is 0 Å². The van der Waals surface area contributed by atoms with E-state index in [0.29, 0.717) is 6.54 Å². The van der Waals surface area contributed by atoms with Crippen molar-refractivity contribution in [3.05, 3.63) is 58.8 Å². The zero-order chi connectivity index (χ0) is 16.9. The molecule has 0 N–H and O–H groups in total. The number of aromatic nitrogens is 2. The van der Waals surface area contributed by atoms with Crippen LogP contribution in [0.3, 0.4) is 0 Å². The largest absolute Gasteiger partial charge is 0.497 e. The predicted molar refractivity (Wildman–Crippen MR) is 89.8 cm³/mol. The molecule has 6 nitrogen and oxygen atoms in total. The molecular formula is C18H21N3O3. The Hall–Kier alpha value is -2.63. The SMILES string of the molecule is COc1cccc(C2CCCCN2C(=O)Cn2cccnc2=O)c1. The molecule has 1 amide bonds. The summed E-state index contributed by atoms with van der Waals surface area (Å²) in [5.41, 5.74) is 0.668. The van der Waals surface area contributed by atoms with Gasteiger partial charge in [0, 0.05) is 18.9 Å². The van der Waals surface area contributed by atoms with Crippen LogP contribution in [-0.4, -0.2) is 34.0 Å². The van der Waals surface area contributed by atoms with Crippen molar-refractivity contribution in [3.8, 4) is 5.75 Å². The van der Waals surface area contributed by atoms with Crippen molar-refractivity contribution in [3.63, 3.8) is 0 Å². The van der Waals surface area contributed by atoms with Gasteiger partial charge >= 0.3 is 5.69 Å². The molecule has 1 unspecified atom stereocenters. The van der Waals surface area contributed by atoms with E-state index in [0.717, 1.165) is 30.6 Å². The first kappa shape index (κ1) is 16.2. The number of ether oxygens (including phenoxy) is 1. The van der Waals surface area contributed by atoms with Crippen molar-refractivity contribution < 1.29 is 9.53 Å². The van der Waals surface area contributed by atoms with E-state index < -0.39 is 5.69 Å². The molecule has 1 fully saturated rings. The lowest BCUT2D eigenvalue weighted by atomic mass is 9.95. The molecule has 1 aliphatic rings. The number of carbonyl (C=O) groups excluding carboxylic acids is 1. The van der Waals surface area contributed by atoms with Crippen molar-refractivity contribution in [2.24, 2.45) is 0 Å². The minimum atomic E-state index is -0.402. The highest BCUT2D eigenvalue weighted by Gasteiger charge is 2.28. The standard InChI is InChI=1S/C18H21N3O3/c1-24-15-7-4-6-14(12-15)16-8-2-3-11-21(16)17(22)13-20-10-5-9-19-18(20)23/h4-7,9-10,12,16H,2-3,8,11,13H2,1H3. The molecule has 0 aliphatic carbocycles. The lowest BCUT2D eigenvalue weighted by molar-refractivity contribution is -0.135. The maximum absolute atomic E-state index is 12.8. The monoisotopic (exact) mass is 327 g/mol. The van der Waals surface area contributed by atoms with Gasteiger partial charge in [0.25, 0.3) is 0 Å². The highest BCUT2D eigenvalue weighted by atomic mass is 16.5.